The molecule has 1 aliphatic carbocycles. The van der Waals surface area contributed by atoms with Gasteiger partial charge in [-0.15, -0.1) is 0 Å². The SMILES string of the molecule is CN(C(=O)N1CC[C@H]2OCC(=O)N[C@H]2C1)C1CCCC1. The Labute approximate surface area is 119 Å². The minimum Gasteiger partial charge on any atom is -0.366 e. The van der Waals surface area contributed by atoms with Crippen molar-refractivity contribution in [1.29, 1.82) is 0 Å². The lowest BCUT2D eigenvalue weighted by Crippen LogP contribution is -2.62. The summed E-state index contributed by atoms with van der Waals surface area (Å²) < 4.78 is 5.52. The van der Waals surface area contributed by atoms with Gasteiger partial charge in [0.25, 0.3) is 0 Å². The van der Waals surface area contributed by atoms with Crippen molar-refractivity contribution in [2.24, 2.45) is 0 Å². The molecule has 0 spiro atoms. The van der Waals surface area contributed by atoms with Gasteiger partial charge in [0.2, 0.25) is 5.91 Å². The molecule has 3 amide bonds. The first kappa shape index (κ1) is 13.7. The van der Waals surface area contributed by atoms with E-state index in [1.807, 2.05) is 16.8 Å². The Balaban J connectivity index is 1.59. The number of carbonyl (C=O) groups is 2. The fraction of sp³-hybridized carbons (Fsp3) is 0.857. The molecule has 2 aliphatic heterocycles. The molecule has 2 heterocycles. The van der Waals surface area contributed by atoms with E-state index in [9.17, 15) is 9.59 Å². The minimum atomic E-state index is -0.0790. The minimum absolute atomic E-state index is 0.0501. The lowest BCUT2D eigenvalue weighted by Gasteiger charge is -2.42. The van der Waals surface area contributed by atoms with Crippen LogP contribution in [0.5, 0.6) is 0 Å². The summed E-state index contributed by atoms with van der Waals surface area (Å²) >= 11 is 0. The number of hydrogen-bond acceptors (Lipinski definition) is 3. The third kappa shape index (κ3) is 2.61. The zero-order valence-corrected chi connectivity index (χ0v) is 12.0. The molecule has 1 saturated carbocycles. The van der Waals surface area contributed by atoms with E-state index in [4.69, 9.17) is 4.74 Å². The molecule has 3 aliphatic rings. The normalized spacial score (nSPS) is 30.9. The largest absolute Gasteiger partial charge is 0.366 e. The van der Waals surface area contributed by atoms with Crippen LogP contribution in [0.1, 0.15) is 32.1 Å². The van der Waals surface area contributed by atoms with Gasteiger partial charge in [-0.1, -0.05) is 12.8 Å². The molecular formula is C14H23N3O3. The van der Waals surface area contributed by atoms with E-state index in [1.165, 1.54) is 12.8 Å². The number of nitrogens with one attached hydrogen (secondary N) is 1. The van der Waals surface area contributed by atoms with Crippen LogP contribution >= 0.6 is 0 Å². The summed E-state index contributed by atoms with van der Waals surface area (Å²) in [5.41, 5.74) is 0. The van der Waals surface area contributed by atoms with E-state index in [1.54, 1.807) is 0 Å². The average Bonchev–Trinajstić information content (AvgIpc) is 2.99. The molecule has 112 valence electrons. The van der Waals surface area contributed by atoms with Gasteiger partial charge < -0.3 is 19.9 Å². The molecule has 3 rings (SSSR count). The number of fused-ring (bicyclic) bond motifs is 1. The summed E-state index contributed by atoms with van der Waals surface area (Å²) in [6.45, 7) is 1.43. The number of piperidine rings is 1. The molecule has 0 bridgehead atoms. The fourth-order valence-corrected chi connectivity index (χ4v) is 3.54. The maximum Gasteiger partial charge on any atom is 0.320 e. The summed E-state index contributed by atoms with van der Waals surface area (Å²) in [6, 6.07) is 0.429. The van der Waals surface area contributed by atoms with Crippen molar-refractivity contribution in [2.45, 2.75) is 50.3 Å². The second kappa shape index (κ2) is 5.60. The average molecular weight is 281 g/mol. The molecule has 20 heavy (non-hydrogen) atoms. The van der Waals surface area contributed by atoms with Gasteiger partial charge >= 0.3 is 6.03 Å². The third-order valence-electron chi connectivity index (χ3n) is 4.77. The van der Waals surface area contributed by atoms with Crippen molar-refractivity contribution in [3.63, 3.8) is 0 Å². The zero-order valence-electron chi connectivity index (χ0n) is 12.0. The predicted octanol–water partition coefficient (Wildman–Crippen LogP) is 0.570. The Morgan fingerprint density at radius 2 is 2.10 bits per heavy atom. The van der Waals surface area contributed by atoms with Crippen LogP contribution in [0.4, 0.5) is 4.79 Å². The maximum atomic E-state index is 12.5. The van der Waals surface area contributed by atoms with Crippen LogP contribution in [0.15, 0.2) is 0 Å². The molecule has 0 aromatic heterocycles. The smallest absolute Gasteiger partial charge is 0.320 e. The number of carbonyl (C=O) groups excluding carboxylic acids is 2. The lowest BCUT2D eigenvalue weighted by molar-refractivity contribution is -0.139. The van der Waals surface area contributed by atoms with E-state index >= 15 is 0 Å². The number of likely N-dealkylation sites (tertiary alicyclic amines) is 1. The first-order valence-corrected chi connectivity index (χ1v) is 7.58. The molecule has 0 aromatic rings. The van der Waals surface area contributed by atoms with Gasteiger partial charge in [-0.3, -0.25) is 4.79 Å². The number of urea groups is 1. The van der Waals surface area contributed by atoms with Gasteiger partial charge in [-0.2, -0.15) is 0 Å². The highest BCUT2D eigenvalue weighted by molar-refractivity contribution is 5.79. The van der Waals surface area contributed by atoms with Crippen molar-refractivity contribution in [3.05, 3.63) is 0 Å². The first-order chi connectivity index (χ1) is 9.65. The first-order valence-electron chi connectivity index (χ1n) is 7.58. The molecule has 6 nitrogen and oxygen atoms in total. The van der Waals surface area contributed by atoms with Crippen LogP contribution in [0.2, 0.25) is 0 Å². The summed E-state index contributed by atoms with van der Waals surface area (Å²) in [4.78, 5) is 27.7. The van der Waals surface area contributed by atoms with Crippen LogP contribution in [-0.4, -0.2) is 66.7 Å². The Bertz CT molecular complexity index is 395. The van der Waals surface area contributed by atoms with Crippen LogP contribution in [0, 0.1) is 0 Å². The van der Waals surface area contributed by atoms with Crippen molar-refractivity contribution in [2.75, 3.05) is 26.7 Å². The summed E-state index contributed by atoms with van der Waals surface area (Å²) in [5, 5.41) is 2.94. The van der Waals surface area contributed by atoms with Crippen LogP contribution in [0.25, 0.3) is 0 Å². The molecule has 3 fully saturated rings. The number of hydrogen-bond donors (Lipinski definition) is 1. The highest BCUT2D eigenvalue weighted by Gasteiger charge is 2.37. The summed E-state index contributed by atoms with van der Waals surface area (Å²) in [6.07, 6.45) is 5.53. The van der Waals surface area contributed by atoms with E-state index < -0.39 is 0 Å². The van der Waals surface area contributed by atoms with Gasteiger partial charge in [0.05, 0.1) is 12.1 Å². The second-order valence-corrected chi connectivity index (χ2v) is 6.09. The molecule has 0 unspecified atom stereocenters. The lowest BCUT2D eigenvalue weighted by atomic mass is 10.0. The van der Waals surface area contributed by atoms with E-state index in [0.717, 1.165) is 19.3 Å². The predicted molar refractivity (Wildman–Crippen MR) is 73.3 cm³/mol. The Morgan fingerprint density at radius 3 is 2.85 bits per heavy atom. The van der Waals surface area contributed by atoms with Gasteiger partial charge in [0.15, 0.2) is 0 Å². The summed E-state index contributed by atoms with van der Waals surface area (Å²) in [5.74, 6) is -0.0790. The molecule has 1 N–H and O–H groups in total. The van der Waals surface area contributed by atoms with Gasteiger partial charge in [-0.25, -0.2) is 4.79 Å². The molecule has 6 heteroatoms. The van der Waals surface area contributed by atoms with Crippen molar-refractivity contribution in [3.8, 4) is 0 Å². The third-order valence-corrected chi connectivity index (χ3v) is 4.77. The Kier molecular flexibility index (Phi) is 3.83. The molecule has 2 atom stereocenters. The zero-order chi connectivity index (χ0) is 14.1. The number of amides is 3. The highest BCUT2D eigenvalue weighted by atomic mass is 16.5. The van der Waals surface area contributed by atoms with Crippen molar-refractivity contribution < 1.29 is 14.3 Å². The van der Waals surface area contributed by atoms with Crippen molar-refractivity contribution >= 4 is 11.9 Å². The van der Waals surface area contributed by atoms with Gasteiger partial charge in [0.1, 0.15) is 6.61 Å². The van der Waals surface area contributed by atoms with Gasteiger partial charge in [-0.05, 0) is 19.3 Å². The molecule has 0 radical (unpaired) electrons. The van der Waals surface area contributed by atoms with Crippen LogP contribution < -0.4 is 5.32 Å². The van der Waals surface area contributed by atoms with Crippen molar-refractivity contribution in [1.82, 2.24) is 15.1 Å². The number of nitrogens with zero attached hydrogens (tertiary/aromatic N) is 2. The van der Waals surface area contributed by atoms with Crippen LogP contribution in [-0.2, 0) is 9.53 Å². The molecular weight excluding hydrogens is 258 g/mol. The fourth-order valence-electron chi connectivity index (χ4n) is 3.54. The maximum absolute atomic E-state index is 12.5. The second-order valence-electron chi connectivity index (χ2n) is 6.09. The topological polar surface area (TPSA) is 61.9 Å². The van der Waals surface area contributed by atoms with Gasteiger partial charge in [0, 0.05) is 26.2 Å². The van der Waals surface area contributed by atoms with E-state index in [0.29, 0.717) is 19.1 Å². The van der Waals surface area contributed by atoms with E-state index in [2.05, 4.69) is 5.32 Å². The Hall–Kier alpha value is -1.30. The number of morpholine rings is 1. The molecule has 2 saturated heterocycles. The summed E-state index contributed by atoms with van der Waals surface area (Å²) in [7, 11) is 1.90. The highest BCUT2D eigenvalue weighted by Crippen LogP contribution is 2.24. The number of rotatable bonds is 1. The molecule has 0 aromatic carbocycles. The quantitative estimate of drug-likeness (QED) is 0.764. The standard InChI is InChI=1S/C14H23N3O3/c1-16(10-4-2-3-5-10)14(19)17-7-6-12-11(8-17)15-13(18)9-20-12/h10-12H,2-9H2,1H3,(H,15,18)/t11-,12+/m0/s1. The van der Waals surface area contributed by atoms with Crippen LogP contribution in [0.3, 0.4) is 0 Å². The Morgan fingerprint density at radius 1 is 1.35 bits per heavy atom. The van der Waals surface area contributed by atoms with E-state index in [-0.39, 0.29) is 30.7 Å². The number of ether oxygens (including phenoxy) is 1. The monoisotopic (exact) mass is 281 g/mol.